The molecule has 0 spiro atoms. The number of hydrogen-bond acceptors (Lipinski definition) is 0. The molecule has 0 N–H and O–H groups in total. The van der Waals surface area contributed by atoms with Gasteiger partial charge in [0.05, 0.1) is 0 Å². The van der Waals surface area contributed by atoms with Gasteiger partial charge in [-0.25, -0.2) is 0 Å². The second-order valence-corrected chi connectivity index (χ2v) is 29.7. The molecule has 5 rings (SSSR count). The van der Waals surface area contributed by atoms with Gasteiger partial charge in [0.2, 0.25) is 0 Å². The molecular formula is C34H48Cl2Zr. The molecule has 3 aliphatic carbocycles. The van der Waals surface area contributed by atoms with Gasteiger partial charge in [0, 0.05) is 0 Å². The van der Waals surface area contributed by atoms with E-state index >= 15 is 0 Å². The maximum absolute atomic E-state index is 5.50. The van der Waals surface area contributed by atoms with Crippen molar-refractivity contribution >= 4 is 32.3 Å². The Morgan fingerprint density at radius 2 is 1.43 bits per heavy atom. The van der Waals surface area contributed by atoms with Crippen molar-refractivity contribution < 1.29 is 18.3 Å². The molecule has 0 radical (unpaired) electrons. The van der Waals surface area contributed by atoms with E-state index < -0.39 is 18.3 Å². The van der Waals surface area contributed by atoms with E-state index in [1.807, 2.05) is 0 Å². The zero-order valence-corrected chi connectivity index (χ0v) is 28.3. The SMILES string of the molecule is Cl.Cl.[CH2]=[Zr]([CH3])([C]1=CC=CC1)([c]1cc(C(C)(C)C)cc2c1Cc1ccc(C(C)(C)C)cc1-2)[CH]1CCCCC1. The van der Waals surface area contributed by atoms with Crippen LogP contribution in [0.15, 0.2) is 51.8 Å². The Morgan fingerprint density at radius 3 is 2.00 bits per heavy atom. The normalized spacial score (nSPS) is 18.0. The monoisotopic (exact) mass is 616 g/mol. The summed E-state index contributed by atoms with van der Waals surface area (Å²) in [6.45, 7) is 14.2. The zero-order chi connectivity index (χ0) is 25.2. The molecule has 0 atom stereocenters. The summed E-state index contributed by atoms with van der Waals surface area (Å²) in [5, 5.41) is 0. The van der Waals surface area contributed by atoms with E-state index in [0.29, 0.717) is 0 Å². The van der Waals surface area contributed by atoms with Crippen LogP contribution in [0.2, 0.25) is 8.26 Å². The molecule has 0 aliphatic heterocycles. The number of allylic oxidation sites excluding steroid dienone is 4. The summed E-state index contributed by atoms with van der Waals surface area (Å²) in [7, 11) is 0. The van der Waals surface area contributed by atoms with Crippen molar-refractivity contribution in [2.45, 2.75) is 106 Å². The van der Waals surface area contributed by atoms with Crippen molar-refractivity contribution in [3.05, 3.63) is 74.1 Å². The minimum absolute atomic E-state index is 0. The fourth-order valence-electron chi connectivity index (χ4n) is 7.30. The molecule has 202 valence electrons. The molecule has 1 saturated carbocycles. The van der Waals surface area contributed by atoms with Gasteiger partial charge in [0.1, 0.15) is 0 Å². The molecule has 0 heterocycles. The predicted octanol–water partition coefficient (Wildman–Crippen LogP) is 10.1. The molecule has 0 saturated heterocycles. The zero-order valence-electron chi connectivity index (χ0n) is 24.2. The Hall–Kier alpha value is -0.747. The molecule has 0 aromatic heterocycles. The van der Waals surface area contributed by atoms with E-state index in [1.54, 1.807) is 12.1 Å². The van der Waals surface area contributed by atoms with Crippen molar-refractivity contribution in [3.63, 3.8) is 0 Å². The molecule has 1 fully saturated rings. The molecular weight excluding hydrogens is 571 g/mol. The molecule has 3 heteroatoms. The van der Waals surface area contributed by atoms with Crippen molar-refractivity contribution in [2.75, 3.05) is 0 Å². The molecule has 0 bridgehead atoms. The number of benzene rings is 2. The van der Waals surface area contributed by atoms with Crippen LogP contribution in [-0.2, 0) is 35.5 Å². The summed E-state index contributed by atoms with van der Waals surface area (Å²) in [6, 6.07) is 12.5. The third-order valence-corrected chi connectivity index (χ3v) is 26.8. The Bertz CT molecular complexity index is 1310. The third kappa shape index (κ3) is 5.12. The Morgan fingerprint density at radius 1 is 0.811 bits per heavy atom. The van der Waals surface area contributed by atoms with Crippen LogP contribution >= 0.6 is 24.8 Å². The van der Waals surface area contributed by atoms with Crippen LogP contribution in [-0.4, -0.2) is 4.21 Å². The van der Waals surface area contributed by atoms with E-state index in [4.69, 9.17) is 4.21 Å². The van der Waals surface area contributed by atoms with Gasteiger partial charge in [0.25, 0.3) is 0 Å². The molecule has 37 heavy (non-hydrogen) atoms. The third-order valence-electron chi connectivity index (χ3n) is 9.87. The van der Waals surface area contributed by atoms with Gasteiger partial charge in [-0.3, -0.25) is 0 Å². The van der Waals surface area contributed by atoms with Crippen LogP contribution in [0.3, 0.4) is 0 Å². The van der Waals surface area contributed by atoms with Gasteiger partial charge >= 0.3 is 217 Å². The van der Waals surface area contributed by atoms with Crippen molar-refractivity contribution in [1.82, 2.24) is 0 Å². The summed E-state index contributed by atoms with van der Waals surface area (Å²) < 4.78 is 12.4. The fourth-order valence-corrected chi connectivity index (χ4v) is 22.4. The van der Waals surface area contributed by atoms with Gasteiger partial charge in [-0.15, -0.1) is 24.8 Å². The molecule has 0 unspecified atom stereocenters. The average molecular weight is 619 g/mol. The summed E-state index contributed by atoms with van der Waals surface area (Å²) in [5.41, 5.74) is 9.35. The second-order valence-electron chi connectivity index (χ2n) is 14.4. The van der Waals surface area contributed by atoms with E-state index in [-0.39, 0.29) is 35.6 Å². The number of hydrogen-bond donors (Lipinski definition) is 0. The quantitative estimate of drug-likeness (QED) is 0.274. The van der Waals surface area contributed by atoms with Gasteiger partial charge < -0.3 is 0 Å². The van der Waals surface area contributed by atoms with Crippen LogP contribution in [0.1, 0.15) is 102 Å². The first kappa shape index (κ1) is 30.8. The van der Waals surface area contributed by atoms with E-state index in [0.717, 1.165) is 16.5 Å². The van der Waals surface area contributed by atoms with Crippen LogP contribution in [0, 0.1) is 0 Å². The first-order chi connectivity index (χ1) is 16.3. The Balaban J connectivity index is 0.00000190. The summed E-state index contributed by atoms with van der Waals surface area (Å²) in [4.78, 5) is 0. The van der Waals surface area contributed by atoms with Gasteiger partial charge in [-0.05, 0) is 0 Å². The van der Waals surface area contributed by atoms with Crippen LogP contribution in [0.4, 0.5) is 0 Å². The van der Waals surface area contributed by atoms with Gasteiger partial charge in [-0.1, -0.05) is 0 Å². The van der Waals surface area contributed by atoms with Gasteiger partial charge in [0.15, 0.2) is 0 Å². The molecule has 3 aliphatic rings. The summed E-state index contributed by atoms with van der Waals surface area (Å²) in [5.74, 6) is 0. The maximum atomic E-state index is 5.50. The fraction of sp³-hybridized carbons (Fsp3) is 0.500. The van der Waals surface area contributed by atoms with Crippen LogP contribution in [0.5, 0.6) is 0 Å². The molecule has 0 amide bonds. The molecule has 2 aromatic carbocycles. The Kier molecular flexibility index (Phi) is 8.60. The minimum atomic E-state index is -3.81. The van der Waals surface area contributed by atoms with Crippen LogP contribution in [0.25, 0.3) is 11.1 Å². The average Bonchev–Trinajstić information content (AvgIpc) is 3.46. The molecule has 0 nitrogen and oxygen atoms in total. The Labute approximate surface area is 239 Å². The summed E-state index contributed by atoms with van der Waals surface area (Å²) in [6.07, 6.45) is 16.3. The van der Waals surface area contributed by atoms with E-state index in [2.05, 4.69) is 94.7 Å². The first-order valence-electron chi connectivity index (χ1n) is 14.0. The summed E-state index contributed by atoms with van der Waals surface area (Å²) >= 11 is -3.81. The van der Waals surface area contributed by atoms with Crippen molar-refractivity contribution in [3.8, 4) is 11.1 Å². The topological polar surface area (TPSA) is 0 Å². The van der Waals surface area contributed by atoms with Crippen molar-refractivity contribution in [2.24, 2.45) is 0 Å². The van der Waals surface area contributed by atoms with Gasteiger partial charge in [-0.2, -0.15) is 0 Å². The predicted molar refractivity (Wildman–Crippen MR) is 168 cm³/mol. The number of fused-ring (bicyclic) bond motifs is 3. The first-order valence-corrected chi connectivity index (χ1v) is 22.1. The van der Waals surface area contributed by atoms with E-state index in [9.17, 15) is 0 Å². The molecule has 2 aromatic rings. The number of halogens is 2. The van der Waals surface area contributed by atoms with E-state index in [1.165, 1.54) is 59.9 Å². The number of rotatable bonds is 3. The van der Waals surface area contributed by atoms with Crippen LogP contribution < -0.4 is 3.27 Å². The standard InChI is InChI=1S/C21H25.C6H11.C5H5.CH3.CH2.2ClH.Zr/c1-20(2,3)16-9-7-14-11-15-8-10-17(21(4,5)6)13-19(15)18(14)12-16;1-2-4-6-5-3-1;1-2-4-5-3-1;;;;;/h7,9-10,12-13H,11H2,1-6H3;1H,2-6H2;1-3H,4H2;1H3;1H2;2*1H;. The van der Waals surface area contributed by atoms with Crippen molar-refractivity contribution in [1.29, 1.82) is 0 Å². The second kappa shape index (κ2) is 10.3.